The van der Waals surface area contributed by atoms with Crippen molar-refractivity contribution in [1.82, 2.24) is 9.97 Å². The molecule has 86 valence electrons. The van der Waals surface area contributed by atoms with Crippen LogP contribution in [0.15, 0.2) is 28.4 Å². The number of nitriles is 1. The summed E-state index contributed by atoms with van der Waals surface area (Å²) in [6, 6.07) is 7.46. The molecule has 0 fully saturated rings. The highest BCUT2D eigenvalue weighted by Crippen LogP contribution is 2.09. The first kappa shape index (κ1) is 11.4. The minimum atomic E-state index is -0.511. The fourth-order valence-corrected chi connectivity index (χ4v) is 2.09. The van der Waals surface area contributed by atoms with Gasteiger partial charge in [0, 0.05) is 17.5 Å². The van der Waals surface area contributed by atoms with Crippen LogP contribution < -0.4 is 11.0 Å². The Kier molecular flexibility index (Phi) is 3.52. The monoisotopic (exact) mass is 246 g/mol. The van der Waals surface area contributed by atoms with Gasteiger partial charge in [-0.3, -0.25) is 4.98 Å². The fraction of sp³-hybridized carbons (Fsp3) is 0.182. The third-order valence-electron chi connectivity index (χ3n) is 2.12. The molecule has 0 aliphatic heterocycles. The number of aromatic amines is 1. The van der Waals surface area contributed by atoms with Gasteiger partial charge in [-0.15, -0.1) is 11.3 Å². The molecule has 0 aliphatic carbocycles. The van der Waals surface area contributed by atoms with Crippen LogP contribution in [0.3, 0.4) is 0 Å². The molecule has 5 nitrogen and oxygen atoms in total. The highest BCUT2D eigenvalue weighted by atomic mass is 32.1. The van der Waals surface area contributed by atoms with Gasteiger partial charge >= 0.3 is 5.69 Å². The summed E-state index contributed by atoms with van der Waals surface area (Å²) < 4.78 is 0. The number of anilines is 1. The third-order valence-corrected chi connectivity index (χ3v) is 3.06. The molecule has 0 radical (unpaired) electrons. The van der Waals surface area contributed by atoms with Gasteiger partial charge in [0.2, 0.25) is 0 Å². The first-order chi connectivity index (χ1) is 8.28. The predicted molar refractivity (Wildman–Crippen MR) is 66.1 cm³/mol. The van der Waals surface area contributed by atoms with Crippen molar-refractivity contribution in [2.75, 3.05) is 11.9 Å². The van der Waals surface area contributed by atoms with Gasteiger partial charge in [-0.25, -0.2) is 4.79 Å². The van der Waals surface area contributed by atoms with Gasteiger partial charge in [-0.2, -0.15) is 10.2 Å². The average molecular weight is 246 g/mol. The number of thiophene rings is 1. The second-order valence-electron chi connectivity index (χ2n) is 3.35. The first-order valence-corrected chi connectivity index (χ1v) is 5.93. The molecule has 0 aromatic carbocycles. The van der Waals surface area contributed by atoms with Gasteiger partial charge in [0.25, 0.3) is 0 Å². The molecule has 0 amide bonds. The average Bonchev–Trinajstić information content (AvgIpc) is 2.81. The van der Waals surface area contributed by atoms with E-state index in [4.69, 9.17) is 5.26 Å². The maximum Gasteiger partial charge on any atom is 0.347 e. The number of aromatic nitrogens is 2. The van der Waals surface area contributed by atoms with Crippen LogP contribution in [-0.4, -0.2) is 16.5 Å². The number of hydrogen-bond donors (Lipinski definition) is 2. The quantitative estimate of drug-likeness (QED) is 0.853. The zero-order chi connectivity index (χ0) is 12.1. The van der Waals surface area contributed by atoms with Crippen LogP contribution in [-0.2, 0) is 6.42 Å². The number of nitrogens with zero attached hydrogens (tertiary/aromatic N) is 2. The Balaban J connectivity index is 1.97. The lowest BCUT2D eigenvalue weighted by Gasteiger charge is -2.03. The van der Waals surface area contributed by atoms with Crippen molar-refractivity contribution in [2.24, 2.45) is 0 Å². The summed E-state index contributed by atoms with van der Waals surface area (Å²) in [4.78, 5) is 18.4. The van der Waals surface area contributed by atoms with Crippen molar-refractivity contribution < 1.29 is 0 Å². The Bertz CT molecular complexity index is 582. The molecule has 0 unspecified atom stereocenters. The Hall–Kier alpha value is -2.13. The van der Waals surface area contributed by atoms with Gasteiger partial charge in [0.15, 0.2) is 0 Å². The van der Waals surface area contributed by atoms with Crippen LogP contribution in [0.2, 0.25) is 0 Å². The summed E-state index contributed by atoms with van der Waals surface area (Å²) in [6.45, 7) is 0.682. The van der Waals surface area contributed by atoms with E-state index in [1.54, 1.807) is 11.3 Å². The van der Waals surface area contributed by atoms with Crippen LogP contribution in [0.4, 0.5) is 5.82 Å². The van der Waals surface area contributed by atoms with Gasteiger partial charge in [0.05, 0.1) is 0 Å². The summed E-state index contributed by atoms with van der Waals surface area (Å²) in [5, 5.41) is 13.7. The molecule has 6 heteroatoms. The maximum atomic E-state index is 11.1. The van der Waals surface area contributed by atoms with Crippen molar-refractivity contribution in [3.63, 3.8) is 0 Å². The van der Waals surface area contributed by atoms with Crippen LogP contribution in [0.1, 0.15) is 10.6 Å². The van der Waals surface area contributed by atoms with E-state index in [2.05, 4.69) is 21.4 Å². The largest absolute Gasteiger partial charge is 0.369 e. The molecule has 2 heterocycles. The van der Waals surface area contributed by atoms with Crippen LogP contribution in [0.5, 0.6) is 0 Å². The van der Waals surface area contributed by atoms with E-state index in [0.29, 0.717) is 12.4 Å². The van der Waals surface area contributed by atoms with Crippen molar-refractivity contribution in [2.45, 2.75) is 6.42 Å². The van der Waals surface area contributed by atoms with Crippen molar-refractivity contribution in [3.05, 3.63) is 44.6 Å². The number of nitrogens with one attached hydrogen (secondary N) is 2. The van der Waals surface area contributed by atoms with Crippen molar-refractivity contribution >= 4 is 17.2 Å². The normalized spacial score (nSPS) is 9.82. The molecular weight excluding hydrogens is 236 g/mol. The third kappa shape index (κ3) is 3.16. The second-order valence-corrected chi connectivity index (χ2v) is 4.39. The van der Waals surface area contributed by atoms with Crippen LogP contribution in [0, 0.1) is 11.3 Å². The smallest absolute Gasteiger partial charge is 0.347 e. The summed E-state index contributed by atoms with van der Waals surface area (Å²) in [5.41, 5.74) is -0.300. The molecule has 17 heavy (non-hydrogen) atoms. The first-order valence-electron chi connectivity index (χ1n) is 5.05. The summed E-state index contributed by atoms with van der Waals surface area (Å²) in [5.74, 6) is 0.432. The zero-order valence-electron chi connectivity index (χ0n) is 8.93. The van der Waals surface area contributed by atoms with Crippen molar-refractivity contribution in [3.8, 4) is 6.07 Å². The number of hydrogen-bond acceptors (Lipinski definition) is 5. The Labute approximate surface area is 102 Å². The minimum Gasteiger partial charge on any atom is -0.369 e. The topological polar surface area (TPSA) is 81.6 Å². The molecule has 2 aromatic rings. The lowest BCUT2D eigenvalue weighted by atomic mass is 10.3. The molecule has 0 atom stereocenters. The predicted octanol–water partition coefficient (Wildman–Crippen LogP) is 1.36. The molecule has 0 saturated heterocycles. The highest BCUT2D eigenvalue weighted by molar-refractivity contribution is 7.09. The number of rotatable bonds is 4. The fourth-order valence-electron chi connectivity index (χ4n) is 1.38. The molecular formula is C11H10N4OS. The lowest BCUT2D eigenvalue weighted by Crippen LogP contribution is -2.16. The zero-order valence-corrected chi connectivity index (χ0v) is 9.75. The molecule has 2 rings (SSSR count). The van der Waals surface area contributed by atoms with E-state index in [1.165, 1.54) is 10.9 Å². The van der Waals surface area contributed by atoms with E-state index in [9.17, 15) is 4.79 Å². The van der Waals surface area contributed by atoms with E-state index in [0.717, 1.165) is 6.42 Å². The molecule has 2 aromatic heterocycles. The van der Waals surface area contributed by atoms with Gasteiger partial charge in [-0.1, -0.05) is 6.07 Å². The van der Waals surface area contributed by atoms with E-state index in [-0.39, 0.29) is 5.69 Å². The van der Waals surface area contributed by atoms with E-state index < -0.39 is 5.69 Å². The molecule has 0 aliphatic rings. The Morgan fingerprint density at radius 2 is 2.47 bits per heavy atom. The van der Waals surface area contributed by atoms with E-state index in [1.807, 2.05) is 17.5 Å². The molecule has 0 saturated carbocycles. The van der Waals surface area contributed by atoms with Gasteiger partial charge in [-0.05, 0) is 17.9 Å². The Morgan fingerprint density at radius 3 is 3.18 bits per heavy atom. The maximum absolute atomic E-state index is 11.1. The standard InChI is InChI=1S/C11H10N4OS/c12-7-8-6-10(15-11(16)14-8)13-4-3-9-2-1-5-17-9/h1-2,5-6H,3-4H2,(H2,13,14,15,16). The van der Waals surface area contributed by atoms with Gasteiger partial charge in [0.1, 0.15) is 17.6 Å². The SMILES string of the molecule is N#Cc1cc(NCCc2cccs2)nc(=O)[nH]1. The Morgan fingerprint density at radius 1 is 1.59 bits per heavy atom. The van der Waals surface area contributed by atoms with Crippen LogP contribution in [0.25, 0.3) is 0 Å². The second kappa shape index (κ2) is 5.27. The summed E-state index contributed by atoms with van der Waals surface area (Å²) >= 11 is 1.69. The minimum absolute atomic E-state index is 0.212. The lowest BCUT2D eigenvalue weighted by molar-refractivity contribution is 0.993. The van der Waals surface area contributed by atoms with Crippen molar-refractivity contribution in [1.29, 1.82) is 5.26 Å². The van der Waals surface area contributed by atoms with Crippen LogP contribution >= 0.6 is 11.3 Å². The van der Waals surface area contributed by atoms with Gasteiger partial charge < -0.3 is 5.32 Å². The molecule has 0 bridgehead atoms. The molecule has 0 spiro atoms. The summed E-state index contributed by atoms with van der Waals surface area (Å²) in [6.07, 6.45) is 0.869. The highest BCUT2D eigenvalue weighted by Gasteiger charge is 2.00. The summed E-state index contributed by atoms with van der Waals surface area (Å²) in [7, 11) is 0. The van der Waals surface area contributed by atoms with E-state index >= 15 is 0 Å². The number of H-pyrrole nitrogens is 1. The molecule has 2 N–H and O–H groups in total.